The summed E-state index contributed by atoms with van der Waals surface area (Å²) < 4.78 is 53.8. The lowest BCUT2D eigenvalue weighted by Crippen LogP contribution is -2.33. The molecule has 0 aliphatic heterocycles. The van der Waals surface area contributed by atoms with Gasteiger partial charge in [-0.2, -0.15) is 0 Å². The SMILES string of the molecule is OB(O)c1cc(F)cc(F)c1OCC(F)F. The average molecular weight is 238 g/mol. The van der Waals surface area contributed by atoms with E-state index in [1.54, 1.807) is 0 Å². The number of rotatable bonds is 4. The summed E-state index contributed by atoms with van der Waals surface area (Å²) in [5.74, 6) is -3.13. The Balaban J connectivity index is 3.04. The normalized spacial score (nSPS) is 10.7. The van der Waals surface area contributed by atoms with E-state index in [1.165, 1.54) is 0 Å². The molecule has 0 spiro atoms. The van der Waals surface area contributed by atoms with E-state index < -0.39 is 43.0 Å². The van der Waals surface area contributed by atoms with E-state index in [1.807, 2.05) is 0 Å². The topological polar surface area (TPSA) is 49.7 Å². The van der Waals surface area contributed by atoms with Gasteiger partial charge in [-0.3, -0.25) is 0 Å². The zero-order chi connectivity index (χ0) is 12.3. The molecule has 2 N–H and O–H groups in total. The predicted octanol–water partition coefficient (Wildman–Crippen LogP) is 0.288. The van der Waals surface area contributed by atoms with E-state index in [4.69, 9.17) is 10.0 Å². The Morgan fingerprint density at radius 1 is 1.25 bits per heavy atom. The Morgan fingerprint density at radius 2 is 1.88 bits per heavy atom. The maximum atomic E-state index is 13.1. The molecule has 16 heavy (non-hydrogen) atoms. The molecule has 0 atom stereocenters. The molecule has 0 unspecified atom stereocenters. The summed E-state index contributed by atoms with van der Waals surface area (Å²) in [5.41, 5.74) is -0.641. The second kappa shape index (κ2) is 5.17. The summed E-state index contributed by atoms with van der Waals surface area (Å²) in [5, 5.41) is 17.5. The van der Waals surface area contributed by atoms with Crippen LogP contribution < -0.4 is 10.2 Å². The van der Waals surface area contributed by atoms with E-state index in [0.717, 1.165) is 0 Å². The monoisotopic (exact) mass is 238 g/mol. The fraction of sp³-hybridized carbons (Fsp3) is 0.250. The van der Waals surface area contributed by atoms with E-state index >= 15 is 0 Å². The van der Waals surface area contributed by atoms with Gasteiger partial charge in [-0.05, 0) is 6.07 Å². The third-order valence-electron chi connectivity index (χ3n) is 1.67. The maximum Gasteiger partial charge on any atom is 0.492 e. The average Bonchev–Trinajstić information content (AvgIpc) is 2.14. The first-order valence-corrected chi connectivity index (χ1v) is 4.18. The highest BCUT2D eigenvalue weighted by molar-refractivity contribution is 6.59. The summed E-state index contributed by atoms with van der Waals surface area (Å²) >= 11 is 0. The highest BCUT2D eigenvalue weighted by Gasteiger charge is 2.23. The molecule has 1 rings (SSSR count). The fourth-order valence-corrected chi connectivity index (χ4v) is 1.07. The van der Waals surface area contributed by atoms with E-state index in [0.29, 0.717) is 12.1 Å². The molecule has 1 aromatic rings. The quantitative estimate of drug-likeness (QED) is 0.585. The van der Waals surface area contributed by atoms with Crippen LogP contribution in [0.3, 0.4) is 0 Å². The summed E-state index contributed by atoms with van der Waals surface area (Å²) in [7, 11) is -2.21. The zero-order valence-corrected chi connectivity index (χ0v) is 7.83. The summed E-state index contributed by atoms with van der Waals surface area (Å²) in [6.07, 6.45) is -2.85. The van der Waals surface area contributed by atoms with Crippen LogP contribution in [0.5, 0.6) is 5.75 Å². The molecular formula is C8H7BF4O3. The minimum Gasteiger partial charge on any atom is -0.485 e. The molecule has 0 fully saturated rings. The first kappa shape index (κ1) is 12.8. The predicted molar refractivity (Wildman–Crippen MR) is 47.7 cm³/mol. The number of benzene rings is 1. The molecule has 0 saturated carbocycles. The van der Waals surface area contributed by atoms with Crippen molar-refractivity contribution in [3.63, 3.8) is 0 Å². The van der Waals surface area contributed by atoms with Crippen molar-refractivity contribution >= 4 is 12.6 Å². The van der Waals surface area contributed by atoms with Crippen LogP contribution in [0.1, 0.15) is 0 Å². The van der Waals surface area contributed by atoms with E-state index in [9.17, 15) is 17.6 Å². The lowest BCUT2D eigenvalue weighted by molar-refractivity contribution is 0.0802. The molecular weight excluding hydrogens is 231 g/mol. The Morgan fingerprint density at radius 3 is 2.38 bits per heavy atom. The minimum absolute atomic E-state index is 0.396. The minimum atomic E-state index is -2.85. The largest absolute Gasteiger partial charge is 0.492 e. The van der Waals surface area contributed by atoms with Gasteiger partial charge < -0.3 is 14.8 Å². The summed E-state index contributed by atoms with van der Waals surface area (Å²) in [6, 6.07) is 0.987. The molecule has 0 aliphatic carbocycles. The third kappa shape index (κ3) is 3.11. The van der Waals surface area contributed by atoms with Crippen molar-refractivity contribution in [1.29, 1.82) is 0 Å². The van der Waals surface area contributed by atoms with Gasteiger partial charge in [0, 0.05) is 11.5 Å². The Kier molecular flexibility index (Phi) is 4.14. The first-order chi connectivity index (χ1) is 7.41. The van der Waals surface area contributed by atoms with Gasteiger partial charge in [0.05, 0.1) is 0 Å². The zero-order valence-electron chi connectivity index (χ0n) is 7.83. The molecule has 0 aromatic heterocycles. The van der Waals surface area contributed by atoms with Gasteiger partial charge in [-0.25, -0.2) is 17.6 Å². The van der Waals surface area contributed by atoms with Crippen LogP contribution in [0.4, 0.5) is 17.6 Å². The maximum absolute atomic E-state index is 13.1. The summed E-state index contributed by atoms with van der Waals surface area (Å²) in [4.78, 5) is 0. The molecule has 3 nitrogen and oxygen atoms in total. The van der Waals surface area contributed by atoms with Gasteiger partial charge in [0.15, 0.2) is 11.6 Å². The first-order valence-electron chi connectivity index (χ1n) is 4.18. The van der Waals surface area contributed by atoms with Crippen molar-refractivity contribution in [2.24, 2.45) is 0 Å². The molecule has 0 saturated heterocycles. The van der Waals surface area contributed by atoms with Crippen molar-refractivity contribution in [3.8, 4) is 5.75 Å². The molecule has 88 valence electrons. The Labute approximate surface area is 88.4 Å². The second-order valence-corrected chi connectivity index (χ2v) is 2.88. The Hall–Kier alpha value is -1.28. The van der Waals surface area contributed by atoms with Crippen LogP contribution in [0.15, 0.2) is 12.1 Å². The third-order valence-corrected chi connectivity index (χ3v) is 1.67. The van der Waals surface area contributed by atoms with E-state index in [-0.39, 0.29) is 0 Å². The summed E-state index contributed by atoms with van der Waals surface area (Å²) in [6.45, 7) is -1.12. The molecule has 1 aromatic carbocycles. The van der Waals surface area contributed by atoms with E-state index in [2.05, 4.69) is 4.74 Å². The Bertz CT molecular complexity index is 373. The standard InChI is InChI=1S/C8H7BF4O3/c10-4-1-5(9(14)15)8(6(11)2-4)16-3-7(12)13/h1-2,7,14-15H,3H2. The molecule has 0 heterocycles. The number of halogens is 4. The van der Waals surface area contributed by atoms with Crippen LogP contribution in [-0.2, 0) is 0 Å². The lowest BCUT2D eigenvalue weighted by Gasteiger charge is -2.11. The lowest BCUT2D eigenvalue weighted by atomic mass is 9.79. The molecule has 0 aliphatic rings. The van der Waals surface area contributed by atoms with Gasteiger partial charge in [-0.1, -0.05) is 0 Å². The van der Waals surface area contributed by atoms with Gasteiger partial charge in [-0.15, -0.1) is 0 Å². The van der Waals surface area contributed by atoms with Crippen molar-refractivity contribution in [2.45, 2.75) is 6.43 Å². The second-order valence-electron chi connectivity index (χ2n) is 2.88. The van der Waals surface area contributed by atoms with Crippen LogP contribution in [0.2, 0.25) is 0 Å². The fourth-order valence-electron chi connectivity index (χ4n) is 1.07. The van der Waals surface area contributed by atoms with Gasteiger partial charge >= 0.3 is 7.12 Å². The number of alkyl halides is 2. The van der Waals surface area contributed by atoms with Gasteiger partial charge in [0.1, 0.15) is 12.4 Å². The highest BCUT2D eigenvalue weighted by atomic mass is 19.3. The van der Waals surface area contributed by atoms with Crippen LogP contribution in [0, 0.1) is 11.6 Å². The highest BCUT2D eigenvalue weighted by Crippen LogP contribution is 2.16. The molecule has 0 radical (unpaired) electrons. The smallest absolute Gasteiger partial charge is 0.485 e. The number of hydrogen-bond donors (Lipinski definition) is 2. The molecule has 0 amide bonds. The van der Waals surface area contributed by atoms with Crippen molar-refractivity contribution in [3.05, 3.63) is 23.8 Å². The van der Waals surface area contributed by atoms with Gasteiger partial charge in [0.25, 0.3) is 6.43 Å². The van der Waals surface area contributed by atoms with Gasteiger partial charge in [0.2, 0.25) is 0 Å². The van der Waals surface area contributed by atoms with Crippen LogP contribution in [0.25, 0.3) is 0 Å². The van der Waals surface area contributed by atoms with Crippen LogP contribution >= 0.6 is 0 Å². The van der Waals surface area contributed by atoms with Crippen molar-refractivity contribution in [1.82, 2.24) is 0 Å². The van der Waals surface area contributed by atoms with Crippen LogP contribution in [-0.4, -0.2) is 30.2 Å². The molecule has 8 heteroatoms. The number of hydrogen-bond acceptors (Lipinski definition) is 3. The number of ether oxygens (including phenoxy) is 1. The van der Waals surface area contributed by atoms with Crippen molar-refractivity contribution in [2.75, 3.05) is 6.61 Å². The molecule has 0 bridgehead atoms. The van der Waals surface area contributed by atoms with Crippen molar-refractivity contribution < 1.29 is 32.3 Å².